The number of benzene rings is 3. The topological polar surface area (TPSA) is 0 Å². The molecule has 110 valence electrons. The van der Waals surface area contributed by atoms with Gasteiger partial charge in [0.25, 0.3) is 0 Å². The van der Waals surface area contributed by atoms with Crippen LogP contribution in [0.2, 0.25) is 0 Å². The number of fused-ring (bicyclic) bond motifs is 2. The Balaban J connectivity index is 0.00000169. The van der Waals surface area contributed by atoms with E-state index in [1.54, 1.807) is 0 Å². The van der Waals surface area contributed by atoms with Crippen molar-refractivity contribution in [1.29, 1.82) is 0 Å². The maximum atomic E-state index is 3.26. The molecular formula is C22H18BLi. The fourth-order valence-corrected chi connectivity index (χ4v) is 3.79. The summed E-state index contributed by atoms with van der Waals surface area (Å²) in [5.41, 5.74) is 6.69. The number of hydrogen-bond acceptors (Lipinski definition) is 0. The molecule has 0 unspecified atom stereocenters. The van der Waals surface area contributed by atoms with Crippen LogP contribution in [0.25, 0.3) is 32.6 Å². The second-order valence-electron chi connectivity index (χ2n) is 6.39. The summed E-state index contributed by atoms with van der Waals surface area (Å²) in [6, 6.07) is 19.7. The predicted molar refractivity (Wildman–Crippen MR) is 101 cm³/mol. The molecule has 0 spiro atoms. The molecule has 0 fully saturated rings. The van der Waals surface area contributed by atoms with E-state index >= 15 is 0 Å². The van der Waals surface area contributed by atoms with Crippen LogP contribution in [0, 0.1) is 26.7 Å². The van der Waals surface area contributed by atoms with Crippen molar-refractivity contribution in [3.05, 3.63) is 77.2 Å². The third-order valence-electron chi connectivity index (χ3n) is 4.64. The van der Waals surface area contributed by atoms with Crippen molar-refractivity contribution in [2.45, 2.75) is 20.8 Å². The molecule has 1 heterocycles. The summed E-state index contributed by atoms with van der Waals surface area (Å²) in [6.45, 7) is 8.72. The van der Waals surface area contributed by atoms with Crippen LogP contribution in [0.1, 0.15) is 16.7 Å². The van der Waals surface area contributed by atoms with Gasteiger partial charge in [-0.25, -0.2) is 0 Å². The zero-order valence-electron chi connectivity index (χ0n) is 14.8. The maximum absolute atomic E-state index is 3.26. The smallest absolute Gasteiger partial charge is 1.00 e. The van der Waals surface area contributed by atoms with Gasteiger partial charge < -0.3 is 0 Å². The van der Waals surface area contributed by atoms with Gasteiger partial charge in [-0.2, -0.15) is 0 Å². The van der Waals surface area contributed by atoms with E-state index in [4.69, 9.17) is 0 Å². The zero-order chi connectivity index (χ0) is 16.0. The first-order chi connectivity index (χ1) is 11.1. The molecule has 0 nitrogen and oxygen atoms in total. The van der Waals surface area contributed by atoms with Crippen LogP contribution in [-0.4, -0.2) is 6.91 Å². The van der Waals surface area contributed by atoms with Crippen molar-refractivity contribution in [2.24, 2.45) is 0 Å². The molecule has 0 aliphatic carbocycles. The Bertz CT molecular complexity index is 973. The van der Waals surface area contributed by atoms with Crippen molar-refractivity contribution in [3.8, 4) is 11.1 Å². The third kappa shape index (κ3) is 2.73. The molecule has 0 saturated carbocycles. The van der Waals surface area contributed by atoms with Crippen molar-refractivity contribution in [3.63, 3.8) is 0 Å². The Morgan fingerprint density at radius 3 is 2.25 bits per heavy atom. The number of rotatable bonds is 1. The molecule has 1 aromatic heterocycles. The Morgan fingerprint density at radius 2 is 1.50 bits per heavy atom. The van der Waals surface area contributed by atoms with Gasteiger partial charge in [0.2, 0.25) is 0 Å². The molecule has 0 radical (unpaired) electrons. The van der Waals surface area contributed by atoms with Crippen LogP contribution < -0.4 is 18.9 Å². The summed E-state index contributed by atoms with van der Waals surface area (Å²) in [6.07, 6.45) is 0. The molecule has 0 N–H and O–H groups in total. The molecular weight excluding hydrogens is 282 g/mol. The Morgan fingerprint density at radius 1 is 0.792 bits per heavy atom. The van der Waals surface area contributed by atoms with Gasteiger partial charge in [0.1, 0.15) is 0 Å². The van der Waals surface area contributed by atoms with Crippen molar-refractivity contribution < 1.29 is 18.9 Å². The summed E-state index contributed by atoms with van der Waals surface area (Å²) >= 11 is 0. The number of hydrogen-bond donors (Lipinski definition) is 0. The Hall–Kier alpha value is -1.81. The van der Waals surface area contributed by atoms with Crippen molar-refractivity contribution in [1.82, 2.24) is 0 Å². The molecule has 3 aromatic carbocycles. The molecule has 0 saturated heterocycles. The fraction of sp³-hybridized carbons (Fsp3) is 0.136. The van der Waals surface area contributed by atoms with Crippen LogP contribution in [0.5, 0.6) is 0 Å². The van der Waals surface area contributed by atoms with Crippen LogP contribution in [0.4, 0.5) is 0 Å². The van der Waals surface area contributed by atoms with Gasteiger partial charge in [-0.05, 0) is 0 Å². The molecule has 4 aromatic rings. The summed E-state index contributed by atoms with van der Waals surface area (Å²) in [5.74, 6) is 3.26. The molecule has 0 aliphatic heterocycles. The predicted octanol–water partition coefficient (Wildman–Crippen LogP) is 2.73. The first kappa shape index (κ1) is 17.0. The van der Waals surface area contributed by atoms with Crippen LogP contribution in [-0.2, 0) is 0 Å². The average molecular weight is 300 g/mol. The normalized spacial score (nSPS) is 10.6. The van der Waals surface area contributed by atoms with Crippen LogP contribution in [0.3, 0.4) is 0 Å². The minimum atomic E-state index is 0. The molecule has 0 aliphatic rings. The van der Waals surface area contributed by atoms with Crippen LogP contribution >= 0.6 is 0 Å². The summed E-state index contributed by atoms with van der Waals surface area (Å²) in [5, 5.41) is 5.16. The summed E-state index contributed by atoms with van der Waals surface area (Å²) in [7, 11) is 0. The monoisotopic (exact) mass is 300 g/mol. The van der Waals surface area contributed by atoms with E-state index in [9.17, 15) is 0 Å². The van der Waals surface area contributed by atoms with Gasteiger partial charge in [0, 0.05) is 0 Å². The number of aryl methyl sites for hydroxylation is 3. The second-order valence-corrected chi connectivity index (χ2v) is 6.39. The average Bonchev–Trinajstić information content (AvgIpc) is 2.53. The van der Waals surface area contributed by atoms with E-state index in [0.29, 0.717) is 0 Å². The minimum absolute atomic E-state index is 0. The standard InChI is InChI=1S/C22H18B.Li/c1-14-11-15(2)20(16(3)12-14)21-19-9-5-4-7-17(19)13-18-8-6-10-23-22(18)21;/h4-9,11-13H,1-3H3;/q-1;+1. The van der Waals surface area contributed by atoms with E-state index in [1.165, 1.54) is 49.3 Å². The molecule has 4 rings (SSSR count). The van der Waals surface area contributed by atoms with Gasteiger partial charge in [-0.1, -0.05) is 0 Å². The third-order valence-corrected chi connectivity index (χ3v) is 4.64. The van der Waals surface area contributed by atoms with Gasteiger partial charge in [-0.3, -0.25) is 0 Å². The molecule has 0 atom stereocenters. The van der Waals surface area contributed by atoms with E-state index in [0.717, 1.165) is 0 Å². The van der Waals surface area contributed by atoms with E-state index in [2.05, 4.69) is 82.2 Å². The molecule has 0 amide bonds. The van der Waals surface area contributed by atoms with E-state index < -0.39 is 0 Å². The van der Waals surface area contributed by atoms with Gasteiger partial charge in [-0.15, -0.1) is 0 Å². The van der Waals surface area contributed by atoms with Crippen molar-refractivity contribution >= 4 is 28.4 Å². The van der Waals surface area contributed by atoms with Crippen LogP contribution in [0.15, 0.2) is 54.6 Å². The molecule has 2 heteroatoms. The van der Waals surface area contributed by atoms with E-state index in [1.807, 2.05) is 6.07 Å². The van der Waals surface area contributed by atoms with Gasteiger partial charge in [0.05, 0.1) is 0 Å². The first-order valence-corrected chi connectivity index (χ1v) is 8.05. The van der Waals surface area contributed by atoms with Gasteiger partial charge >= 0.3 is 156 Å². The largest absolute Gasteiger partial charge is 1.00 e. The SMILES string of the molecule is Cc1cc(C)c(-c2c3b[c-]ccc3cc3ccccc23)c(C)c1.[Li+]. The summed E-state index contributed by atoms with van der Waals surface area (Å²) < 4.78 is 0. The molecule has 0 bridgehead atoms. The maximum Gasteiger partial charge on any atom is 1.00 e. The Labute approximate surface area is 156 Å². The first-order valence-electron chi connectivity index (χ1n) is 8.05. The van der Waals surface area contributed by atoms with Gasteiger partial charge in [0.15, 0.2) is 0 Å². The van der Waals surface area contributed by atoms with E-state index in [-0.39, 0.29) is 18.9 Å². The Kier molecular flexibility index (Phi) is 4.68. The van der Waals surface area contributed by atoms with Crippen molar-refractivity contribution in [2.75, 3.05) is 0 Å². The quantitative estimate of drug-likeness (QED) is 0.288. The summed E-state index contributed by atoms with van der Waals surface area (Å²) in [4.78, 5) is 0. The molecule has 24 heavy (non-hydrogen) atoms. The zero-order valence-corrected chi connectivity index (χ0v) is 14.8. The fourth-order valence-electron chi connectivity index (χ4n) is 3.79. The minimum Gasteiger partial charge on any atom is 1.00 e. The second kappa shape index (κ2) is 6.60.